The van der Waals surface area contributed by atoms with Crippen molar-refractivity contribution >= 4 is 5.78 Å². The summed E-state index contributed by atoms with van der Waals surface area (Å²) in [5.74, 6) is 0.354. The second kappa shape index (κ2) is 6.39. The van der Waals surface area contributed by atoms with Gasteiger partial charge in [-0.2, -0.15) is 0 Å². The van der Waals surface area contributed by atoms with Crippen molar-refractivity contribution < 1.29 is 4.79 Å². The molecule has 0 atom stereocenters. The molecule has 0 aliphatic carbocycles. The van der Waals surface area contributed by atoms with Crippen LogP contribution in [0.4, 0.5) is 0 Å². The van der Waals surface area contributed by atoms with Crippen LogP contribution in [0, 0.1) is 0 Å². The Balaban J connectivity index is 2.45. The third-order valence-electron chi connectivity index (χ3n) is 2.65. The Morgan fingerprint density at radius 1 is 1.00 bits per heavy atom. The van der Waals surface area contributed by atoms with Crippen molar-refractivity contribution in [3.63, 3.8) is 0 Å². The molecule has 0 amide bonds. The minimum Gasteiger partial charge on any atom is -0.300 e. The van der Waals surface area contributed by atoms with Crippen molar-refractivity contribution in [1.29, 1.82) is 0 Å². The fourth-order valence-electron chi connectivity index (χ4n) is 1.62. The average molecular weight is 204 g/mol. The lowest BCUT2D eigenvalue weighted by atomic mass is 10.0. The van der Waals surface area contributed by atoms with E-state index >= 15 is 0 Å². The first-order valence-electron chi connectivity index (χ1n) is 5.85. The van der Waals surface area contributed by atoms with E-state index in [1.165, 1.54) is 17.5 Å². The van der Waals surface area contributed by atoms with Gasteiger partial charge >= 0.3 is 0 Å². The van der Waals surface area contributed by atoms with Crippen LogP contribution in [0.15, 0.2) is 24.3 Å². The van der Waals surface area contributed by atoms with Crippen molar-refractivity contribution in [2.24, 2.45) is 0 Å². The van der Waals surface area contributed by atoms with Gasteiger partial charge in [0.15, 0.2) is 0 Å². The van der Waals surface area contributed by atoms with Crippen LogP contribution < -0.4 is 0 Å². The van der Waals surface area contributed by atoms with E-state index in [0.29, 0.717) is 18.6 Å². The predicted molar refractivity (Wildman–Crippen MR) is 64.1 cm³/mol. The Morgan fingerprint density at radius 3 is 2.00 bits per heavy atom. The van der Waals surface area contributed by atoms with Crippen LogP contribution in [-0.4, -0.2) is 5.78 Å². The summed E-state index contributed by atoms with van der Waals surface area (Å²) < 4.78 is 0. The number of carbonyl (C=O) groups is 1. The number of hydrogen-bond acceptors (Lipinski definition) is 1. The lowest BCUT2D eigenvalue weighted by Gasteiger charge is -2.02. The van der Waals surface area contributed by atoms with Gasteiger partial charge in [0.2, 0.25) is 0 Å². The quantitative estimate of drug-likeness (QED) is 0.692. The lowest BCUT2D eigenvalue weighted by molar-refractivity contribution is -0.118. The van der Waals surface area contributed by atoms with E-state index < -0.39 is 0 Å². The molecule has 1 aromatic rings. The van der Waals surface area contributed by atoms with Gasteiger partial charge < -0.3 is 0 Å². The fourth-order valence-corrected chi connectivity index (χ4v) is 1.62. The third-order valence-corrected chi connectivity index (χ3v) is 2.65. The van der Waals surface area contributed by atoms with Crippen molar-refractivity contribution in [1.82, 2.24) is 0 Å². The number of Topliss-reactive ketones (excluding diaryl/α,β-unsaturated/α-hetero) is 1. The first kappa shape index (κ1) is 12.0. The largest absolute Gasteiger partial charge is 0.300 e. The van der Waals surface area contributed by atoms with Crippen molar-refractivity contribution in [2.75, 3.05) is 0 Å². The molecule has 0 radical (unpaired) electrons. The van der Waals surface area contributed by atoms with E-state index in [4.69, 9.17) is 0 Å². The highest BCUT2D eigenvalue weighted by Gasteiger charge is 1.99. The van der Waals surface area contributed by atoms with Gasteiger partial charge in [-0.3, -0.25) is 4.79 Å². The molecule has 0 saturated heterocycles. The zero-order chi connectivity index (χ0) is 11.1. The molecule has 0 heterocycles. The van der Waals surface area contributed by atoms with Crippen LogP contribution in [-0.2, 0) is 17.6 Å². The molecule has 0 aliphatic heterocycles. The predicted octanol–water partition coefficient (Wildman–Crippen LogP) is 3.55. The smallest absolute Gasteiger partial charge is 0.132 e. The van der Waals surface area contributed by atoms with Crippen molar-refractivity contribution in [3.05, 3.63) is 35.4 Å². The zero-order valence-corrected chi connectivity index (χ0v) is 9.75. The van der Waals surface area contributed by atoms with Gasteiger partial charge in [-0.25, -0.2) is 0 Å². The molecular weight excluding hydrogens is 184 g/mol. The third kappa shape index (κ3) is 4.28. The summed E-state index contributed by atoms with van der Waals surface area (Å²) in [7, 11) is 0. The molecule has 1 nitrogen and oxygen atoms in total. The SMILES string of the molecule is CCCc1ccc(CCC(=O)CC)cc1. The van der Waals surface area contributed by atoms with Crippen molar-refractivity contribution in [3.8, 4) is 0 Å². The van der Waals surface area contributed by atoms with E-state index in [0.717, 1.165) is 12.8 Å². The second-order valence-electron chi connectivity index (χ2n) is 3.96. The second-order valence-corrected chi connectivity index (χ2v) is 3.96. The highest BCUT2D eigenvalue weighted by molar-refractivity contribution is 5.78. The van der Waals surface area contributed by atoms with E-state index in [-0.39, 0.29) is 0 Å². The maximum absolute atomic E-state index is 11.2. The highest BCUT2D eigenvalue weighted by atomic mass is 16.1. The van der Waals surface area contributed by atoms with Crippen LogP contribution in [0.25, 0.3) is 0 Å². The minimum absolute atomic E-state index is 0.354. The molecule has 1 heteroatoms. The van der Waals surface area contributed by atoms with Gasteiger partial charge in [0.1, 0.15) is 5.78 Å². The van der Waals surface area contributed by atoms with E-state index in [1.807, 2.05) is 6.92 Å². The first-order valence-corrected chi connectivity index (χ1v) is 5.85. The molecule has 0 spiro atoms. The summed E-state index contributed by atoms with van der Waals surface area (Å²) in [6.07, 6.45) is 4.57. The van der Waals surface area contributed by atoms with Crippen molar-refractivity contribution in [2.45, 2.75) is 46.0 Å². The minimum atomic E-state index is 0.354. The van der Waals surface area contributed by atoms with Gasteiger partial charge in [-0.15, -0.1) is 0 Å². The lowest BCUT2D eigenvalue weighted by Crippen LogP contribution is -1.97. The van der Waals surface area contributed by atoms with Gasteiger partial charge in [0.05, 0.1) is 0 Å². The Bertz CT molecular complexity index is 298. The molecule has 82 valence electrons. The molecule has 0 N–H and O–H groups in total. The zero-order valence-electron chi connectivity index (χ0n) is 9.75. The van der Waals surface area contributed by atoms with Gasteiger partial charge in [-0.1, -0.05) is 44.5 Å². The van der Waals surface area contributed by atoms with Crippen LogP contribution in [0.5, 0.6) is 0 Å². The first-order chi connectivity index (χ1) is 7.26. The Labute approximate surface area is 92.5 Å². The molecule has 0 saturated carbocycles. The summed E-state index contributed by atoms with van der Waals surface area (Å²) in [6.45, 7) is 4.11. The van der Waals surface area contributed by atoms with Crippen LogP contribution in [0.2, 0.25) is 0 Å². The maximum Gasteiger partial charge on any atom is 0.132 e. The summed E-state index contributed by atoms with van der Waals surface area (Å²) in [4.78, 5) is 11.2. The van der Waals surface area contributed by atoms with E-state index in [2.05, 4.69) is 31.2 Å². The molecule has 1 aromatic carbocycles. The number of ketones is 1. The van der Waals surface area contributed by atoms with E-state index in [9.17, 15) is 4.79 Å². The summed E-state index contributed by atoms with van der Waals surface area (Å²) >= 11 is 0. The molecule has 0 aliphatic rings. The summed E-state index contributed by atoms with van der Waals surface area (Å²) in [5.41, 5.74) is 2.67. The normalized spacial score (nSPS) is 10.3. The van der Waals surface area contributed by atoms with Gasteiger partial charge in [-0.05, 0) is 24.0 Å². The monoisotopic (exact) mass is 204 g/mol. The maximum atomic E-state index is 11.2. The molecule has 15 heavy (non-hydrogen) atoms. The number of rotatable bonds is 6. The van der Waals surface area contributed by atoms with Crippen LogP contribution in [0.3, 0.4) is 0 Å². The molecule has 1 rings (SSSR count). The number of hydrogen-bond donors (Lipinski definition) is 0. The molecule has 0 aromatic heterocycles. The molecule has 0 bridgehead atoms. The van der Waals surface area contributed by atoms with Crippen LogP contribution in [0.1, 0.15) is 44.2 Å². The van der Waals surface area contributed by atoms with E-state index in [1.54, 1.807) is 0 Å². The summed E-state index contributed by atoms with van der Waals surface area (Å²) in [6, 6.07) is 8.65. The average Bonchev–Trinajstić information content (AvgIpc) is 2.28. The fraction of sp³-hybridized carbons (Fsp3) is 0.500. The number of benzene rings is 1. The number of aryl methyl sites for hydroxylation is 2. The van der Waals surface area contributed by atoms with Crippen LogP contribution >= 0.6 is 0 Å². The Morgan fingerprint density at radius 2 is 1.53 bits per heavy atom. The molecule has 0 fully saturated rings. The Hall–Kier alpha value is -1.11. The Kier molecular flexibility index (Phi) is 5.09. The topological polar surface area (TPSA) is 17.1 Å². The summed E-state index contributed by atoms with van der Waals surface area (Å²) in [5, 5.41) is 0. The highest BCUT2D eigenvalue weighted by Crippen LogP contribution is 2.09. The van der Waals surface area contributed by atoms with Gasteiger partial charge in [0, 0.05) is 12.8 Å². The molecular formula is C14H20O. The molecule has 0 unspecified atom stereocenters. The van der Waals surface area contributed by atoms with Gasteiger partial charge in [0.25, 0.3) is 0 Å². The number of carbonyl (C=O) groups excluding carboxylic acids is 1. The standard InChI is InChI=1S/C14H20O/c1-3-5-12-6-8-13(9-7-12)10-11-14(15)4-2/h6-9H,3-5,10-11H2,1-2H3.